The number of anilines is 1. The Kier molecular flexibility index (Phi) is 16.6. The molecule has 2 aliphatic carbocycles. The summed E-state index contributed by atoms with van der Waals surface area (Å²) in [5.41, 5.74) is 2.76. The fourth-order valence-corrected chi connectivity index (χ4v) is 8.89. The van der Waals surface area contributed by atoms with Crippen molar-refractivity contribution in [3.05, 3.63) is 78.9 Å². The molecule has 2 amide bonds. The second-order valence-corrected chi connectivity index (χ2v) is 14.9. The van der Waals surface area contributed by atoms with E-state index in [-0.39, 0.29) is 56.4 Å². The number of aliphatic hydroxyl groups is 2. The Morgan fingerprint density at radius 1 is 1.00 bits per heavy atom. The fourth-order valence-electron chi connectivity index (χ4n) is 8.89. The van der Waals surface area contributed by atoms with Crippen molar-refractivity contribution in [3.8, 4) is 23.0 Å². The SMILES string of the molecule is C=CCCOC(=O)N(CCC)[C@H]1CC(=NOC)C2=C[C@H](CCCCO)[C@@H](CCCCO)[C@@H]3c4cc(OC(=O)Nc5ccc(OC)cc5OC)ccc4O[C@@]1(OCC=C)[C@H]23. The van der Waals surface area contributed by atoms with E-state index in [1.807, 2.05) is 13.0 Å². The van der Waals surface area contributed by atoms with Crippen LogP contribution in [0.3, 0.4) is 0 Å². The van der Waals surface area contributed by atoms with Crippen molar-refractivity contribution in [2.75, 3.05) is 59.6 Å². The highest BCUT2D eigenvalue weighted by atomic mass is 16.7. The summed E-state index contributed by atoms with van der Waals surface area (Å²) in [6, 6.07) is 9.63. The van der Waals surface area contributed by atoms with E-state index in [1.165, 1.54) is 14.2 Å². The van der Waals surface area contributed by atoms with Crippen molar-refractivity contribution in [1.82, 2.24) is 4.90 Å². The van der Waals surface area contributed by atoms with Gasteiger partial charge in [0.2, 0.25) is 5.79 Å². The van der Waals surface area contributed by atoms with Crippen LogP contribution in [0.2, 0.25) is 0 Å². The van der Waals surface area contributed by atoms with E-state index >= 15 is 0 Å². The Labute approximate surface area is 347 Å². The molecule has 1 heterocycles. The summed E-state index contributed by atoms with van der Waals surface area (Å²) >= 11 is 0. The first kappa shape index (κ1) is 45.0. The molecule has 0 saturated heterocycles. The van der Waals surface area contributed by atoms with Gasteiger partial charge in [-0.3, -0.25) is 10.2 Å². The monoisotopic (exact) mass is 819 g/mol. The number of hydrogen-bond acceptors (Lipinski definition) is 12. The molecule has 1 fully saturated rings. The molecule has 3 N–H and O–H groups in total. The molecule has 0 bridgehead atoms. The molecule has 14 heteroatoms. The highest BCUT2D eigenvalue weighted by molar-refractivity contribution is 6.03. The van der Waals surface area contributed by atoms with Crippen LogP contribution < -0.4 is 24.3 Å². The van der Waals surface area contributed by atoms with Crippen molar-refractivity contribution in [1.29, 1.82) is 0 Å². The van der Waals surface area contributed by atoms with Crippen molar-refractivity contribution >= 4 is 23.6 Å². The lowest BCUT2D eigenvalue weighted by atomic mass is 9.55. The predicted molar refractivity (Wildman–Crippen MR) is 224 cm³/mol. The first-order valence-electron chi connectivity index (χ1n) is 20.6. The van der Waals surface area contributed by atoms with Gasteiger partial charge in [-0.25, -0.2) is 9.59 Å². The number of ether oxygens (including phenoxy) is 6. The molecular formula is C45H61N3O11. The highest BCUT2D eigenvalue weighted by Gasteiger charge is 2.65. The van der Waals surface area contributed by atoms with Crippen LogP contribution in [0.15, 0.2) is 78.5 Å². The second kappa shape index (κ2) is 21.8. The van der Waals surface area contributed by atoms with Crippen LogP contribution in [0.4, 0.5) is 15.3 Å². The molecule has 3 aliphatic rings. The lowest BCUT2D eigenvalue weighted by molar-refractivity contribution is -0.255. The number of aliphatic hydroxyl groups excluding tert-OH is 2. The smallest absolute Gasteiger partial charge is 0.417 e. The minimum absolute atomic E-state index is 0.0160. The number of amides is 2. The molecule has 1 aliphatic heterocycles. The highest BCUT2D eigenvalue weighted by Crippen LogP contribution is 2.62. The van der Waals surface area contributed by atoms with E-state index in [2.05, 4.69) is 29.7 Å². The van der Waals surface area contributed by atoms with E-state index in [4.69, 9.17) is 33.3 Å². The molecule has 0 unspecified atom stereocenters. The van der Waals surface area contributed by atoms with Crippen molar-refractivity contribution < 1.29 is 53.1 Å². The Bertz CT molecular complexity index is 1810. The second-order valence-electron chi connectivity index (χ2n) is 14.9. The molecule has 0 spiro atoms. The first-order chi connectivity index (χ1) is 28.7. The molecule has 0 aromatic heterocycles. The third-order valence-electron chi connectivity index (χ3n) is 11.3. The number of carbonyl (C=O) groups excluding carboxylic acids is 2. The minimum atomic E-state index is -1.44. The van der Waals surface area contributed by atoms with Gasteiger partial charge in [-0.2, -0.15) is 0 Å². The van der Waals surface area contributed by atoms with Gasteiger partial charge in [-0.1, -0.05) is 43.1 Å². The Balaban J connectivity index is 1.69. The summed E-state index contributed by atoms with van der Waals surface area (Å²) in [6.07, 6.45) is 10.1. The zero-order valence-electron chi connectivity index (χ0n) is 34.9. The quantitative estimate of drug-likeness (QED) is 0.0599. The summed E-state index contributed by atoms with van der Waals surface area (Å²) in [7, 11) is 4.55. The number of oxime groups is 1. The summed E-state index contributed by atoms with van der Waals surface area (Å²) in [6.45, 7) is 10.5. The van der Waals surface area contributed by atoms with Crippen LogP contribution in [-0.2, 0) is 14.3 Å². The van der Waals surface area contributed by atoms with Crippen molar-refractivity contribution in [3.63, 3.8) is 0 Å². The summed E-state index contributed by atoms with van der Waals surface area (Å²) in [5, 5.41) is 27.1. The lowest BCUT2D eigenvalue weighted by Crippen LogP contribution is -2.70. The number of fused-ring (bicyclic) bond motifs is 2. The number of hydrogen-bond donors (Lipinski definition) is 3. The van der Waals surface area contributed by atoms with Crippen LogP contribution in [-0.4, -0.2) is 99.1 Å². The van der Waals surface area contributed by atoms with Crippen LogP contribution in [0.25, 0.3) is 0 Å². The first-order valence-corrected chi connectivity index (χ1v) is 20.6. The van der Waals surface area contributed by atoms with Gasteiger partial charge >= 0.3 is 12.2 Å². The van der Waals surface area contributed by atoms with Crippen LogP contribution >= 0.6 is 0 Å². The zero-order chi connectivity index (χ0) is 42.4. The number of nitrogens with zero attached hydrogens (tertiary/aromatic N) is 2. The van der Waals surface area contributed by atoms with Gasteiger partial charge in [0.25, 0.3) is 0 Å². The molecule has 2 aromatic carbocycles. The summed E-state index contributed by atoms with van der Waals surface area (Å²) in [5.74, 6) is -0.471. The van der Waals surface area contributed by atoms with Gasteiger partial charge in [-0.15, -0.1) is 13.2 Å². The Hall–Kier alpha value is -5.05. The third-order valence-corrected chi connectivity index (χ3v) is 11.3. The third kappa shape index (κ3) is 10.2. The maximum atomic E-state index is 14.1. The fraction of sp³-hybridized carbons (Fsp3) is 0.533. The largest absolute Gasteiger partial charge is 0.497 e. The van der Waals surface area contributed by atoms with Gasteiger partial charge in [0, 0.05) is 43.7 Å². The standard InChI is InChI=1S/C45H61N3O11/c1-7-10-25-56-44(52)48(21-8-2)40-29-37(47-55-6)34-26-30(15-11-13-22-49)33(16-12-14-23-50)41-35-27-32(18-20-38(35)59-45(40,42(34)41)57-24-9-3)58-43(51)46-36-19-17-31(53-4)28-39(36)54-5/h7,9,17-20,26-28,30,33,40-42,49-50H,1,3,8,10-16,21-25,29H2,2,4-6H3,(H,46,51)/t30-,33+,40-,41+,42+,45+/m0/s1. The van der Waals surface area contributed by atoms with E-state index in [0.29, 0.717) is 60.9 Å². The minimum Gasteiger partial charge on any atom is -0.497 e. The number of rotatable bonds is 22. The number of benzene rings is 2. The number of methoxy groups -OCH3 is 2. The Morgan fingerprint density at radius 2 is 1.76 bits per heavy atom. The molecule has 5 rings (SSSR count). The van der Waals surface area contributed by atoms with Crippen LogP contribution in [0.1, 0.15) is 76.2 Å². The molecule has 59 heavy (non-hydrogen) atoms. The maximum Gasteiger partial charge on any atom is 0.417 e. The van der Waals surface area contributed by atoms with Gasteiger partial charge < -0.3 is 43.5 Å². The van der Waals surface area contributed by atoms with Crippen LogP contribution in [0, 0.1) is 17.8 Å². The molecule has 2 aromatic rings. The number of carbonyl (C=O) groups is 2. The van der Waals surface area contributed by atoms with E-state index in [9.17, 15) is 19.8 Å². The average molecular weight is 820 g/mol. The molecular weight excluding hydrogens is 759 g/mol. The maximum absolute atomic E-state index is 14.1. The van der Waals surface area contributed by atoms with E-state index in [0.717, 1.165) is 36.8 Å². The molecule has 1 saturated carbocycles. The number of allylic oxidation sites excluding steroid dienone is 1. The molecule has 322 valence electrons. The lowest BCUT2D eigenvalue weighted by Gasteiger charge is -2.59. The molecule has 6 atom stereocenters. The van der Waals surface area contributed by atoms with Gasteiger partial charge in [0.15, 0.2) is 0 Å². The Morgan fingerprint density at radius 3 is 2.44 bits per heavy atom. The number of unbranched alkanes of at least 4 members (excludes halogenated alkanes) is 2. The predicted octanol–water partition coefficient (Wildman–Crippen LogP) is 8.00. The van der Waals surface area contributed by atoms with E-state index in [1.54, 1.807) is 54.5 Å². The zero-order valence-corrected chi connectivity index (χ0v) is 34.9. The normalized spacial score (nSPS) is 23.4. The summed E-state index contributed by atoms with van der Waals surface area (Å²) < 4.78 is 36.6. The van der Waals surface area contributed by atoms with Crippen LogP contribution in [0.5, 0.6) is 23.0 Å². The topological polar surface area (TPSA) is 167 Å². The van der Waals surface area contributed by atoms with Gasteiger partial charge in [-0.05, 0) is 86.3 Å². The molecule has 14 nitrogen and oxygen atoms in total. The average Bonchev–Trinajstić information content (AvgIpc) is 3.24. The van der Waals surface area contributed by atoms with Gasteiger partial charge in [0.05, 0.1) is 44.8 Å². The number of nitrogens with one attached hydrogen (secondary N) is 1. The van der Waals surface area contributed by atoms with E-state index < -0.39 is 29.9 Å². The van der Waals surface area contributed by atoms with Crippen molar-refractivity contribution in [2.45, 2.75) is 82.5 Å². The molecule has 0 radical (unpaired) electrons. The summed E-state index contributed by atoms with van der Waals surface area (Å²) in [4.78, 5) is 34.7. The van der Waals surface area contributed by atoms with Crippen molar-refractivity contribution in [2.24, 2.45) is 22.9 Å². The van der Waals surface area contributed by atoms with Gasteiger partial charge in [0.1, 0.15) is 36.1 Å².